The number of nitrogen functional groups attached to an aromatic ring is 1. The van der Waals surface area contributed by atoms with Gasteiger partial charge in [0, 0.05) is 23.1 Å². The maximum atomic E-state index is 13.7. The van der Waals surface area contributed by atoms with Gasteiger partial charge in [0.05, 0.1) is 16.5 Å². The summed E-state index contributed by atoms with van der Waals surface area (Å²) in [4.78, 5) is 22.5. The van der Waals surface area contributed by atoms with E-state index in [-0.39, 0.29) is 17.5 Å². The first-order valence-corrected chi connectivity index (χ1v) is 12.2. The van der Waals surface area contributed by atoms with Crippen LogP contribution >= 0.6 is 11.6 Å². The lowest BCUT2D eigenvalue weighted by molar-refractivity contribution is 0.773. The van der Waals surface area contributed by atoms with Gasteiger partial charge in [-0.1, -0.05) is 73.1 Å². The van der Waals surface area contributed by atoms with Crippen molar-refractivity contribution in [3.05, 3.63) is 112 Å². The van der Waals surface area contributed by atoms with Gasteiger partial charge in [-0.15, -0.1) is 0 Å². The van der Waals surface area contributed by atoms with Crippen LogP contribution in [0, 0.1) is 0 Å². The van der Waals surface area contributed by atoms with Gasteiger partial charge in [0.2, 0.25) is 5.95 Å². The summed E-state index contributed by atoms with van der Waals surface area (Å²) >= 11 is 6.45. The van der Waals surface area contributed by atoms with Gasteiger partial charge in [0.15, 0.2) is 0 Å². The largest absolute Gasteiger partial charge is 0.368 e. The molecule has 1 atom stereocenters. The molecule has 3 N–H and O–H groups in total. The Kier molecular flexibility index (Phi) is 6.44. The Morgan fingerprint density at radius 3 is 2.58 bits per heavy atom. The van der Waals surface area contributed by atoms with Crippen molar-refractivity contribution in [1.29, 1.82) is 0 Å². The minimum absolute atomic E-state index is 0.172. The second kappa shape index (κ2) is 9.84. The molecule has 0 aliphatic carbocycles. The summed E-state index contributed by atoms with van der Waals surface area (Å²) in [5, 5.41) is 5.19. The second-order valence-electron chi connectivity index (χ2n) is 8.66. The highest BCUT2D eigenvalue weighted by atomic mass is 35.5. The number of benzene rings is 3. The number of hydrogen-bond acceptors (Lipinski definition) is 5. The fourth-order valence-corrected chi connectivity index (χ4v) is 4.72. The maximum absolute atomic E-state index is 13.7. The summed E-state index contributed by atoms with van der Waals surface area (Å²) in [6, 6.07) is 25.0. The molecule has 180 valence electrons. The second-order valence-corrected chi connectivity index (χ2v) is 9.07. The summed E-state index contributed by atoms with van der Waals surface area (Å²) in [6.45, 7) is 4.11. The van der Waals surface area contributed by atoms with Crippen molar-refractivity contribution < 1.29 is 0 Å². The van der Waals surface area contributed by atoms with E-state index in [9.17, 15) is 4.79 Å². The van der Waals surface area contributed by atoms with Gasteiger partial charge in [-0.25, -0.2) is 4.98 Å². The third-order valence-electron chi connectivity index (χ3n) is 6.29. The third-order valence-corrected chi connectivity index (χ3v) is 6.60. The SMILES string of the molecule is CCc1cccc(-c2cnc(N)nc2N[C@@H](C)c2cc3cccc(Cl)c3c(=O)n2-c2ccccc2)c1. The number of rotatable bonds is 6. The zero-order valence-corrected chi connectivity index (χ0v) is 20.8. The van der Waals surface area contributed by atoms with Gasteiger partial charge in [0.1, 0.15) is 5.82 Å². The summed E-state index contributed by atoms with van der Waals surface area (Å²) in [7, 11) is 0. The monoisotopic (exact) mass is 495 g/mol. The number of nitrogens with one attached hydrogen (secondary N) is 1. The molecule has 0 aliphatic heterocycles. The van der Waals surface area contributed by atoms with Crippen LogP contribution in [-0.4, -0.2) is 14.5 Å². The standard InChI is InChI=1S/C29H26ClN5O/c1-3-19-9-7-10-20(15-19)23-17-32-29(31)34-27(23)33-18(2)25-16-21-11-8-14-24(30)26(21)28(36)35(25)22-12-5-4-6-13-22/h4-18H,3H2,1-2H3,(H3,31,32,33,34)/t18-/m0/s1. The molecule has 5 rings (SSSR count). The Balaban J connectivity index is 1.66. The molecule has 5 aromatic rings. The molecule has 3 aromatic carbocycles. The van der Waals surface area contributed by atoms with Gasteiger partial charge >= 0.3 is 0 Å². The Morgan fingerprint density at radius 2 is 1.81 bits per heavy atom. The molecule has 2 heterocycles. The molecule has 0 saturated carbocycles. The summed E-state index contributed by atoms with van der Waals surface area (Å²) in [5.41, 5.74) is 10.4. The number of anilines is 2. The molecule has 0 fully saturated rings. The first kappa shape index (κ1) is 23.6. The quantitative estimate of drug-likeness (QED) is 0.284. The lowest BCUT2D eigenvalue weighted by atomic mass is 10.0. The minimum Gasteiger partial charge on any atom is -0.368 e. The van der Waals surface area contributed by atoms with Crippen LogP contribution in [-0.2, 0) is 6.42 Å². The van der Waals surface area contributed by atoms with Gasteiger partial charge < -0.3 is 11.1 Å². The number of hydrogen-bond donors (Lipinski definition) is 2. The van der Waals surface area contributed by atoms with E-state index < -0.39 is 0 Å². The molecule has 0 bridgehead atoms. The van der Waals surface area contributed by atoms with E-state index >= 15 is 0 Å². The van der Waals surface area contributed by atoms with Crippen molar-refractivity contribution in [2.45, 2.75) is 26.3 Å². The van der Waals surface area contributed by atoms with E-state index in [0.717, 1.165) is 34.3 Å². The predicted octanol–water partition coefficient (Wildman–Crippen LogP) is 6.42. The van der Waals surface area contributed by atoms with Crippen molar-refractivity contribution in [1.82, 2.24) is 14.5 Å². The van der Waals surface area contributed by atoms with Crippen LogP contribution in [0.3, 0.4) is 0 Å². The van der Waals surface area contributed by atoms with Crippen LogP contribution in [0.25, 0.3) is 27.6 Å². The molecule has 0 saturated heterocycles. The minimum atomic E-state index is -0.302. The van der Waals surface area contributed by atoms with E-state index in [0.29, 0.717) is 16.2 Å². The number of para-hydroxylation sites is 1. The van der Waals surface area contributed by atoms with Crippen LogP contribution in [0.2, 0.25) is 5.02 Å². The molecule has 36 heavy (non-hydrogen) atoms. The molecule has 7 heteroatoms. The molecular weight excluding hydrogens is 470 g/mol. The number of nitrogens with two attached hydrogens (primary N) is 1. The highest BCUT2D eigenvalue weighted by Crippen LogP contribution is 2.31. The van der Waals surface area contributed by atoms with E-state index in [1.807, 2.05) is 67.6 Å². The summed E-state index contributed by atoms with van der Waals surface area (Å²) in [5.74, 6) is 0.771. The number of aryl methyl sites for hydroxylation is 1. The van der Waals surface area contributed by atoms with Crippen molar-refractivity contribution in [2.75, 3.05) is 11.1 Å². The molecule has 2 aromatic heterocycles. The van der Waals surface area contributed by atoms with Crippen molar-refractivity contribution in [3.63, 3.8) is 0 Å². The van der Waals surface area contributed by atoms with E-state index in [4.69, 9.17) is 17.3 Å². The highest BCUT2D eigenvalue weighted by molar-refractivity contribution is 6.35. The number of halogens is 1. The van der Waals surface area contributed by atoms with E-state index in [1.54, 1.807) is 16.8 Å². The smallest absolute Gasteiger partial charge is 0.264 e. The van der Waals surface area contributed by atoms with E-state index in [1.165, 1.54) is 5.56 Å². The fourth-order valence-electron chi connectivity index (χ4n) is 4.46. The van der Waals surface area contributed by atoms with Crippen LogP contribution in [0.15, 0.2) is 89.9 Å². The number of nitrogens with zero attached hydrogens (tertiary/aromatic N) is 3. The average Bonchev–Trinajstić information content (AvgIpc) is 2.89. The fraction of sp³-hybridized carbons (Fsp3) is 0.138. The molecule has 0 aliphatic rings. The highest BCUT2D eigenvalue weighted by Gasteiger charge is 2.20. The molecule has 0 amide bonds. The summed E-state index contributed by atoms with van der Waals surface area (Å²) in [6.07, 6.45) is 2.66. The third kappa shape index (κ3) is 4.43. The van der Waals surface area contributed by atoms with Gasteiger partial charge in [0.25, 0.3) is 5.56 Å². The van der Waals surface area contributed by atoms with Gasteiger partial charge in [-0.3, -0.25) is 9.36 Å². The topological polar surface area (TPSA) is 85.8 Å². The molecule has 0 radical (unpaired) electrons. The number of aromatic nitrogens is 3. The zero-order chi connectivity index (χ0) is 25.2. The first-order valence-electron chi connectivity index (χ1n) is 11.8. The lowest BCUT2D eigenvalue weighted by Crippen LogP contribution is -2.26. The lowest BCUT2D eigenvalue weighted by Gasteiger charge is -2.23. The van der Waals surface area contributed by atoms with Gasteiger partial charge in [-0.05, 0) is 54.1 Å². The Hall–Kier alpha value is -4.16. The Bertz CT molecular complexity index is 1610. The molecular formula is C29H26ClN5O. The molecule has 0 spiro atoms. The molecule has 0 unspecified atom stereocenters. The predicted molar refractivity (Wildman–Crippen MR) is 148 cm³/mol. The number of fused-ring (bicyclic) bond motifs is 1. The van der Waals surface area contributed by atoms with Crippen molar-refractivity contribution in [2.24, 2.45) is 0 Å². The van der Waals surface area contributed by atoms with Crippen LogP contribution in [0.5, 0.6) is 0 Å². The first-order chi connectivity index (χ1) is 17.5. The average molecular weight is 496 g/mol. The maximum Gasteiger partial charge on any atom is 0.264 e. The zero-order valence-electron chi connectivity index (χ0n) is 20.1. The van der Waals surface area contributed by atoms with Crippen LogP contribution < -0.4 is 16.6 Å². The summed E-state index contributed by atoms with van der Waals surface area (Å²) < 4.78 is 1.70. The van der Waals surface area contributed by atoms with Crippen molar-refractivity contribution in [3.8, 4) is 16.8 Å². The Labute approximate surface area is 214 Å². The normalized spacial score (nSPS) is 12.0. The molecule has 6 nitrogen and oxygen atoms in total. The Morgan fingerprint density at radius 1 is 1.03 bits per heavy atom. The van der Waals surface area contributed by atoms with Crippen LogP contribution in [0.4, 0.5) is 11.8 Å². The van der Waals surface area contributed by atoms with Crippen LogP contribution in [0.1, 0.15) is 31.1 Å². The van der Waals surface area contributed by atoms with Crippen molar-refractivity contribution >= 4 is 34.1 Å². The number of pyridine rings is 1. The van der Waals surface area contributed by atoms with Gasteiger partial charge in [-0.2, -0.15) is 4.98 Å². The van der Waals surface area contributed by atoms with E-state index in [2.05, 4.69) is 34.3 Å².